The van der Waals surface area contributed by atoms with E-state index in [4.69, 9.17) is 14.2 Å². The molecule has 4 rings (SSSR count). The Labute approximate surface area is 196 Å². The average Bonchev–Trinajstić information content (AvgIpc) is 2.84. The van der Waals surface area contributed by atoms with Crippen LogP contribution in [-0.2, 0) is 9.84 Å². The van der Waals surface area contributed by atoms with Gasteiger partial charge in [-0.15, -0.1) is 0 Å². The quantitative estimate of drug-likeness (QED) is 0.350. The van der Waals surface area contributed by atoms with Gasteiger partial charge in [-0.05, 0) is 61.5 Å². The van der Waals surface area contributed by atoms with Gasteiger partial charge < -0.3 is 19.1 Å². The van der Waals surface area contributed by atoms with Crippen LogP contribution in [0.25, 0.3) is 0 Å². The maximum atomic E-state index is 14.2. The van der Waals surface area contributed by atoms with Crippen LogP contribution >= 0.6 is 0 Å². The zero-order chi connectivity index (χ0) is 24.5. The summed E-state index contributed by atoms with van der Waals surface area (Å²) in [7, 11) is -1.27. The summed E-state index contributed by atoms with van der Waals surface area (Å²) < 4.78 is 56.9. The molecule has 0 atom stereocenters. The molecule has 0 fully saturated rings. The third-order valence-corrected chi connectivity index (χ3v) is 7.10. The highest BCUT2D eigenvalue weighted by molar-refractivity contribution is 7.96. The van der Waals surface area contributed by atoms with Gasteiger partial charge in [-0.2, -0.15) is 0 Å². The van der Waals surface area contributed by atoms with Crippen molar-refractivity contribution in [3.8, 4) is 17.2 Å². The van der Waals surface area contributed by atoms with E-state index in [0.29, 0.717) is 29.5 Å². The van der Waals surface area contributed by atoms with Gasteiger partial charge in [-0.1, -0.05) is 0 Å². The lowest BCUT2D eigenvalue weighted by molar-refractivity contribution is 0.104. The van der Waals surface area contributed by atoms with Crippen molar-refractivity contribution < 1.29 is 31.8 Å². The Morgan fingerprint density at radius 2 is 1.65 bits per heavy atom. The molecular weight excluding hydrogens is 461 g/mol. The van der Waals surface area contributed by atoms with Gasteiger partial charge in [0.05, 0.1) is 31.4 Å². The van der Waals surface area contributed by atoms with E-state index in [-0.39, 0.29) is 16.1 Å². The molecule has 3 aromatic rings. The third kappa shape index (κ3) is 4.10. The van der Waals surface area contributed by atoms with Crippen molar-refractivity contribution in [1.82, 2.24) is 0 Å². The standard InChI is InChI=1S/C25H22FNO6S/c1-4-33-19-9-5-16(6-10-19)25(28)24-15-27(18-8-11-21(31-2)22(14-18)32-3)20-13-17(26)7-12-23(20)34(24,29)30/h5-15H,4H2,1-3H3. The number of anilines is 2. The largest absolute Gasteiger partial charge is 0.494 e. The summed E-state index contributed by atoms with van der Waals surface area (Å²) in [5.74, 6) is 0.106. The van der Waals surface area contributed by atoms with E-state index in [1.54, 1.807) is 30.3 Å². The summed E-state index contributed by atoms with van der Waals surface area (Å²) >= 11 is 0. The van der Waals surface area contributed by atoms with Crippen molar-refractivity contribution in [2.75, 3.05) is 25.7 Å². The van der Waals surface area contributed by atoms with Crippen LogP contribution in [0, 0.1) is 5.82 Å². The van der Waals surface area contributed by atoms with Crippen molar-refractivity contribution in [1.29, 1.82) is 0 Å². The number of hydrogen-bond acceptors (Lipinski definition) is 7. The second kappa shape index (κ2) is 9.18. The fourth-order valence-electron chi connectivity index (χ4n) is 3.66. The van der Waals surface area contributed by atoms with E-state index in [0.717, 1.165) is 18.2 Å². The van der Waals surface area contributed by atoms with Crippen molar-refractivity contribution in [3.63, 3.8) is 0 Å². The first-order chi connectivity index (χ1) is 16.3. The fraction of sp³-hybridized carbons (Fsp3) is 0.160. The Hall–Kier alpha value is -3.85. The van der Waals surface area contributed by atoms with Crippen LogP contribution in [0.4, 0.5) is 15.8 Å². The molecule has 0 radical (unpaired) electrons. The number of sulfone groups is 1. The maximum absolute atomic E-state index is 14.2. The van der Waals surface area contributed by atoms with Crippen LogP contribution < -0.4 is 19.1 Å². The first-order valence-corrected chi connectivity index (χ1v) is 11.8. The first kappa shape index (κ1) is 23.3. The van der Waals surface area contributed by atoms with Crippen LogP contribution in [0.1, 0.15) is 17.3 Å². The molecule has 0 saturated carbocycles. The van der Waals surface area contributed by atoms with Gasteiger partial charge in [0.25, 0.3) is 0 Å². The van der Waals surface area contributed by atoms with E-state index in [2.05, 4.69) is 0 Å². The Balaban J connectivity index is 1.87. The van der Waals surface area contributed by atoms with Gasteiger partial charge in [0.15, 0.2) is 11.5 Å². The molecule has 0 bridgehead atoms. The second-order valence-corrected chi connectivity index (χ2v) is 9.19. The summed E-state index contributed by atoms with van der Waals surface area (Å²) in [5, 5.41) is 0. The molecule has 0 spiro atoms. The van der Waals surface area contributed by atoms with Crippen LogP contribution in [0.3, 0.4) is 0 Å². The highest BCUT2D eigenvalue weighted by atomic mass is 32.2. The predicted octanol–water partition coefficient (Wildman–Crippen LogP) is 4.89. The Kier molecular flexibility index (Phi) is 6.30. The first-order valence-electron chi connectivity index (χ1n) is 10.4. The number of allylic oxidation sites excluding steroid dienone is 1. The summed E-state index contributed by atoms with van der Waals surface area (Å²) in [4.78, 5) is 14.2. The number of nitrogens with zero attached hydrogens (tertiary/aromatic N) is 1. The van der Waals surface area contributed by atoms with Gasteiger partial charge in [0.2, 0.25) is 15.6 Å². The van der Waals surface area contributed by atoms with Crippen molar-refractivity contribution in [2.45, 2.75) is 11.8 Å². The number of halogens is 1. The molecule has 3 aromatic carbocycles. The topological polar surface area (TPSA) is 82.1 Å². The number of fused-ring (bicyclic) bond motifs is 1. The molecule has 0 aromatic heterocycles. The number of Topliss-reactive ketones (excluding diaryl/α,β-unsaturated/α-hetero) is 1. The van der Waals surface area contributed by atoms with Crippen molar-refractivity contribution in [2.24, 2.45) is 0 Å². The number of ketones is 1. The number of carbonyl (C=O) groups excluding carboxylic acids is 1. The molecule has 7 nitrogen and oxygen atoms in total. The molecular formula is C25H22FNO6S. The summed E-state index contributed by atoms with van der Waals surface area (Å²) in [5.41, 5.74) is 0.711. The molecule has 176 valence electrons. The van der Waals surface area contributed by atoms with E-state index < -0.39 is 26.3 Å². The summed E-state index contributed by atoms with van der Waals surface area (Å²) in [6.45, 7) is 2.29. The number of ether oxygens (including phenoxy) is 3. The minimum atomic E-state index is -4.22. The van der Waals surface area contributed by atoms with Gasteiger partial charge in [0, 0.05) is 23.5 Å². The smallest absolute Gasteiger partial charge is 0.214 e. The number of hydrogen-bond donors (Lipinski definition) is 0. The molecule has 0 amide bonds. The summed E-state index contributed by atoms with van der Waals surface area (Å²) in [6.07, 6.45) is 1.21. The van der Waals surface area contributed by atoms with E-state index >= 15 is 0 Å². The Morgan fingerprint density at radius 1 is 0.941 bits per heavy atom. The Morgan fingerprint density at radius 3 is 2.29 bits per heavy atom. The van der Waals surface area contributed by atoms with E-state index in [1.807, 2.05) is 6.92 Å². The molecule has 0 N–H and O–H groups in total. The lowest BCUT2D eigenvalue weighted by Gasteiger charge is -2.29. The summed E-state index contributed by atoms with van der Waals surface area (Å²) in [6, 6.07) is 14.4. The normalized spacial score (nSPS) is 14.1. The molecule has 0 saturated heterocycles. The van der Waals surface area contributed by atoms with Crippen LogP contribution in [0.5, 0.6) is 17.2 Å². The van der Waals surface area contributed by atoms with Crippen LogP contribution in [0.15, 0.2) is 76.7 Å². The predicted molar refractivity (Wildman–Crippen MR) is 125 cm³/mol. The molecule has 0 unspecified atom stereocenters. The Bertz CT molecular complexity index is 1380. The highest BCUT2D eigenvalue weighted by Crippen LogP contribution is 2.43. The second-order valence-electron chi connectivity index (χ2n) is 7.30. The van der Waals surface area contributed by atoms with Gasteiger partial charge in [-0.3, -0.25) is 4.79 Å². The van der Waals surface area contributed by atoms with Crippen molar-refractivity contribution in [3.05, 3.63) is 83.1 Å². The third-order valence-electron chi connectivity index (χ3n) is 5.30. The molecule has 1 aliphatic rings. The van der Waals surface area contributed by atoms with Crippen molar-refractivity contribution >= 4 is 27.0 Å². The fourth-order valence-corrected chi connectivity index (χ4v) is 5.18. The minimum absolute atomic E-state index is 0.0791. The van der Waals surface area contributed by atoms with E-state index in [9.17, 15) is 17.6 Å². The minimum Gasteiger partial charge on any atom is -0.494 e. The van der Waals surface area contributed by atoms with Gasteiger partial charge in [0.1, 0.15) is 16.5 Å². The maximum Gasteiger partial charge on any atom is 0.214 e. The number of carbonyl (C=O) groups is 1. The molecule has 1 aliphatic heterocycles. The number of benzene rings is 3. The van der Waals surface area contributed by atoms with Crippen LogP contribution in [0.2, 0.25) is 0 Å². The molecule has 0 aliphatic carbocycles. The lowest BCUT2D eigenvalue weighted by Crippen LogP contribution is -2.26. The monoisotopic (exact) mass is 483 g/mol. The zero-order valence-corrected chi connectivity index (χ0v) is 19.6. The van der Waals surface area contributed by atoms with Crippen LogP contribution in [-0.4, -0.2) is 35.0 Å². The molecule has 1 heterocycles. The highest BCUT2D eigenvalue weighted by Gasteiger charge is 2.36. The van der Waals surface area contributed by atoms with Gasteiger partial charge >= 0.3 is 0 Å². The SMILES string of the molecule is CCOc1ccc(C(=O)C2=CN(c3ccc(OC)c(OC)c3)c3cc(F)ccc3S2(=O)=O)cc1. The van der Waals surface area contributed by atoms with Gasteiger partial charge in [-0.25, -0.2) is 12.8 Å². The van der Waals surface area contributed by atoms with E-state index in [1.165, 1.54) is 37.5 Å². The number of methoxy groups -OCH3 is 2. The lowest BCUT2D eigenvalue weighted by atomic mass is 10.1. The zero-order valence-electron chi connectivity index (χ0n) is 18.7. The molecule has 34 heavy (non-hydrogen) atoms. The molecule has 9 heteroatoms. The average molecular weight is 484 g/mol. The number of rotatable bonds is 7.